The van der Waals surface area contributed by atoms with Crippen molar-refractivity contribution in [2.75, 3.05) is 6.61 Å². The summed E-state index contributed by atoms with van der Waals surface area (Å²) < 4.78 is 11.2. The number of rotatable bonds is 5. The summed E-state index contributed by atoms with van der Waals surface area (Å²) >= 11 is 6.14. The van der Waals surface area contributed by atoms with Gasteiger partial charge in [0.05, 0.1) is 10.5 Å². The molecule has 0 atom stereocenters. The number of nitrogens with one attached hydrogen (secondary N) is 1. The molecular formula is C18H13NO4S2. The summed E-state index contributed by atoms with van der Waals surface area (Å²) in [5.41, 5.74) is 1.16. The van der Waals surface area contributed by atoms with Crippen molar-refractivity contribution in [1.29, 1.82) is 0 Å². The summed E-state index contributed by atoms with van der Waals surface area (Å²) in [5, 5.41) is 2.55. The second kappa shape index (κ2) is 7.50. The third-order valence-corrected chi connectivity index (χ3v) is 4.42. The molecule has 1 N–H and O–H groups in total. The number of benzene rings is 1. The molecule has 0 spiro atoms. The molecule has 1 aromatic heterocycles. The molecular weight excluding hydrogens is 358 g/mol. The Kier molecular flexibility index (Phi) is 5.16. The first-order valence-electron chi connectivity index (χ1n) is 7.30. The van der Waals surface area contributed by atoms with Crippen molar-refractivity contribution in [2.24, 2.45) is 0 Å². The van der Waals surface area contributed by atoms with Crippen LogP contribution >= 0.6 is 24.0 Å². The van der Waals surface area contributed by atoms with Crippen molar-refractivity contribution < 1.29 is 18.7 Å². The van der Waals surface area contributed by atoms with Gasteiger partial charge in [0.1, 0.15) is 22.4 Å². The van der Waals surface area contributed by atoms with Crippen molar-refractivity contribution in [3.63, 3.8) is 0 Å². The largest absolute Gasteiger partial charge is 0.458 e. The Labute approximate surface area is 153 Å². The lowest BCUT2D eigenvalue weighted by Crippen LogP contribution is -2.17. The maximum absolute atomic E-state index is 11.9. The average molecular weight is 371 g/mol. The quantitative estimate of drug-likeness (QED) is 0.373. The highest BCUT2D eigenvalue weighted by Gasteiger charge is 2.22. The summed E-state index contributed by atoms with van der Waals surface area (Å²) in [5.74, 6) is 0.441. The minimum absolute atomic E-state index is 0.156. The van der Waals surface area contributed by atoms with Crippen LogP contribution in [0.5, 0.6) is 0 Å². The fourth-order valence-electron chi connectivity index (χ4n) is 2.15. The highest BCUT2D eigenvalue weighted by Crippen LogP contribution is 2.29. The Morgan fingerprint density at radius 2 is 2.20 bits per heavy atom. The van der Waals surface area contributed by atoms with Crippen molar-refractivity contribution in [3.8, 4) is 11.3 Å². The van der Waals surface area contributed by atoms with Gasteiger partial charge in [-0.3, -0.25) is 4.79 Å². The molecule has 2 heterocycles. The molecule has 7 heteroatoms. The van der Waals surface area contributed by atoms with E-state index < -0.39 is 5.97 Å². The van der Waals surface area contributed by atoms with E-state index in [1.54, 1.807) is 36.4 Å². The normalized spacial score (nSPS) is 15.3. The Morgan fingerprint density at radius 3 is 2.92 bits per heavy atom. The molecule has 0 bridgehead atoms. The summed E-state index contributed by atoms with van der Waals surface area (Å²) in [7, 11) is 0. The second-order valence-electron chi connectivity index (χ2n) is 5.02. The van der Waals surface area contributed by atoms with Gasteiger partial charge in [-0.25, -0.2) is 4.79 Å². The lowest BCUT2D eigenvalue weighted by molar-refractivity contribution is -0.115. The Bertz CT molecular complexity index is 898. The Morgan fingerprint density at radius 1 is 1.36 bits per heavy atom. The van der Waals surface area contributed by atoms with E-state index in [4.69, 9.17) is 21.4 Å². The van der Waals surface area contributed by atoms with Crippen LogP contribution in [0.25, 0.3) is 17.4 Å². The minimum atomic E-state index is -0.428. The zero-order valence-electron chi connectivity index (χ0n) is 13.0. The van der Waals surface area contributed by atoms with Crippen LogP contribution in [0.3, 0.4) is 0 Å². The molecule has 1 amide bonds. The van der Waals surface area contributed by atoms with Gasteiger partial charge in [-0.1, -0.05) is 48.8 Å². The number of thiocarbonyl (C=S) groups is 1. The maximum atomic E-state index is 11.9. The standard InChI is InChI=1S/C18H13NO4S2/c1-2-8-22-17(21)12-5-3-4-11(9-12)14-7-6-13(23-14)10-15-16(20)19-18(24)25-15/h2-7,9-10H,1,8H2,(H,19,20,24)/b15-10-. The third kappa shape index (κ3) is 4.07. The molecule has 0 unspecified atom stereocenters. The summed E-state index contributed by atoms with van der Waals surface area (Å²) in [6.07, 6.45) is 3.14. The van der Waals surface area contributed by atoms with Crippen LogP contribution in [0.1, 0.15) is 16.1 Å². The van der Waals surface area contributed by atoms with E-state index in [1.807, 2.05) is 6.07 Å². The van der Waals surface area contributed by atoms with Crippen LogP contribution in [0.15, 0.2) is 58.4 Å². The molecule has 1 fully saturated rings. The Balaban J connectivity index is 1.82. The molecule has 0 saturated carbocycles. The molecule has 5 nitrogen and oxygen atoms in total. The molecule has 1 aromatic carbocycles. The number of ether oxygens (including phenoxy) is 1. The minimum Gasteiger partial charge on any atom is -0.458 e. The molecule has 2 aromatic rings. The van der Waals surface area contributed by atoms with E-state index in [9.17, 15) is 9.59 Å². The number of hydrogen-bond acceptors (Lipinski definition) is 6. The van der Waals surface area contributed by atoms with E-state index >= 15 is 0 Å². The van der Waals surface area contributed by atoms with Gasteiger partial charge in [0, 0.05) is 11.6 Å². The lowest BCUT2D eigenvalue weighted by atomic mass is 10.1. The van der Waals surface area contributed by atoms with E-state index in [0.717, 1.165) is 5.56 Å². The zero-order valence-corrected chi connectivity index (χ0v) is 14.6. The van der Waals surface area contributed by atoms with E-state index in [2.05, 4.69) is 11.9 Å². The first kappa shape index (κ1) is 17.2. The number of esters is 1. The second-order valence-corrected chi connectivity index (χ2v) is 6.74. The van der Waals surface area contributed by atoms with E-state index in [0.29, 0.717) is 26.3 Å². The number of hydrogen-bond donors (Lipinski definition) is 1. The van der Waals surface area contributed by atoms with Gasteiger partial charge in [-0.15, -0.1) is 0 Å². The van der Waals surface area contributed by atoms with Crippen LogP contribution < -0.4 is 5.32 Å². The molecule has 0 aliphatic carbocycles. The number of thioether (sulfide) groups is 1. The van der Waals surface area contributed by atoms with Gasteiger partial charge in [0.15, 0.2) is 0 Å². The zero-order chi connectivity index (χ0) is 17.8. The summed E-state index contributed by atoms with van der Waals surface area (Å²) in [4.78, 5) is 24.1. The van der Waals surface area contributed by atoms with Gasteiger partial charge in [-0.05, 0) is 24.3 Å². The van der Waals surface area contributed by atoms with E-state index in [-0.39, 0.29) is 12.5 Å². The predicted octanol–water partition coefficient (Wildman–Crippen LogP) is 3.78. The van der Waals surface area contributed by atoms with Gasteiger partial charge in [-0.2, -0.15) is 0 Å². The van der Waals surface area contributed by atoms with Crippen LogP contribution in [-0.4, -0.2) is 22.8 Å². The van der Waals surface area contributed by atoms with Crippen LogP contribution in [0.2, 0.25) is 0 Å². The summed E-state index contributed by atoms with van der Waals surface area (Å²) in [6, 6.07) is 10.5. The molecule has 25 heavy (non-hydrogen) atoms. The van der Waals surface area contributed by atoms with Crippen molar-refractivity contribution in [2.45, 2.75) is 0 Å². The molecule has 126 valence electrons. The van der Waals surface area contributed by atoms with Gasteiger partial charge >= 0.3 is 5.97 Å². The first-order valence-corrected chi connectivity index (χ1v) is 8.52. The number of furan rings is 1. The third-order valence-electron chi connectivity index (χ3n) is 3.26. The van der Waals surface area contributed by atoms with Crippen LogP contribution in [-0.2, 0) is 9.53 Å². The topological polar surface area (TPSA) is 68.5 Å². The molecule has 3 rings (SSSR count). The molecule has 1 saturated heterocycles. The fraction of sp³-hybridized carbons (Fsp3) is 0.0556. The van der Waals surface area contributed by atoms with Crippen LogP contribution in [0.4, 0.5) is 0 Å². The highest BCUT2D eigenvalue weighted by atomic mass is 32.2. The van der Waals surface area contributed by atoms with Crippen LogP contribution in [0, 0.1) is 0 Å². The first-order chi connectivity index (χ1) is 12.1. The van der Waals surface area contributed by atoms with Gasteiger partial charge in [0.2, 0.25) is 0 Å². The smallest absolute Gasteiger partial charge is 0.338 e. The SMILES string of the molecule is C=CCOC(=O)c1cccc(-c2ccc(/C=C3\SC(=S)NC3=O)o2)c1. The van der Waals surface area contributed by atoms with Crippen molar-refractivity contribution in [3.05, 3.63) is 65.3 Å². The molecule has 1 aliphatic heterocycles. The fourth-order valence-corrected chi connectivity index (χ4v) is 3.18. The number of carbonyl (C=O) groups is 2. The lowest BCUT2D eigenvalue weighted by Gasteiger charge is -2.03. The summed E-state index contributed by atoms with van der Waals surface area (Å²) in [6.45, 7) is 3.67. The van der Waals surface area contributed by atoms with E-state index in [1.165, 1.54) is 17.8 Å². The number of amides is 1. The monoisotopic (exact) mass is 371 g/mol. The maximum Gasteiger partial charge on any atom is 0.338 e. The molecule has 1 aliphatic rings. The van der Waals surface area contributed by atoms with Crippen molar-refractivity contribution >= 4 is 46.3 Å². The predicted molar refractivity (Wildman–Crippen MR) is 101 cm³/mol. The van der Waals surface area contributed by atoms with Gasteiger partial charge in [0.25, 0.3) is 5.91 Å². The Hall–Kier alpha value is -2.64. The van der Waals surface area contributed by atoms with Crippen molar-refractivity contribution in [1.82, 2.24) is 5.32 Å². The highest BCUT2D eigenvalue weighted by molar-refractivity contribution is 8.26. The van der Waals surface area contributed by atoms with Gasteiger partial charge < -0.3 is 14.5 Å². The average Bonchev–Trinajstić information content (AvgIpc) is 3.19. The molecule has 0 radical (unpaired) electrons. The number of carbonyl (C=O) groups excluding carboxylic acids is 2.